The van der Waals surface area contributed by atoms with Gasteiger partial charge in [0.15, 0.2) is 16.8 Å². The molecule has 12 heteroatoms. The molecule has 0 atom stereocenters. The van der Waals surface area contributed by atoms with E-state index < -0.39 is 0 Å². The van der Waals surface area contributed by atoms with Crippen molar-refractivity contribution in [2.75, 3.05) is 5.32 Å². The largest absolute Gasteiger partial charge is 0.450 e. The average molecular weight is 348 g/mol. The molecule has 0 saturated heterocycles. The summed E-state index contributed by atoms with van der Waals surface area (Å²) in [7, 11) is 0. The molecule has 0 aliphatic rings. The number of aromatic nitrogens is 8. The zero-order valence-corrected chi connectivity index (χ0v) is 12.8. The molecule has 0 radical (unpaired) electrons. The van der Waals surface area contributed by atoms with E-state index in [0.717, 1.165) is 0 Å². The number of anilines is 1. The van der Waals surface area contributed by atoms with Gasteiger partial charge in [-0.2, -0.15) is 15.7 Å². The van der Waals surface area contributed by atoms with Gasteiger partial charge in [-0.15, -0.1) is 20.4 Å². The quantitative estimate of drug-likeness (QED) is 0.439. The molecule has 3 heterocycles. The van der Waals surface area contributed by atoms with Crippen LogP contribution in [0.2, 0.25) is 0 Å². The summed E-state index contributed by atoms with van der Waals surface area (Å²) < 4.78 is 5.77. The van der Waals surface area contributed by atoms with Crippen LogP contribution >= 0.6 is 0 Å². The van der Waals surface area contributed by atoms with Crippen molar-refractivity contribution in [1.82, 2.24) is 41.2 Å². The molecule has 0 aliphatic carbocycles. The van der Waals surface area contributed by atoms with Crippen LogP contribution in [0.3, 0.4) is 0 Å². The van der Waals surface area contributed by atoms with Crippen LogP contribution in [0, 0.1) is 11.3 Å². The summed E-state index contributed by atoms with van der Waals surface area (Å²) in [6, 6.07) is 8.24. The number of tetrazole rings is 2. The number of fused-ring (bicyclic) bond motifs is 1. The van der Waals surface area contributed by atoms with E-state index in [0.29, 0.717) is 11.1 Å². The van der Waals surface area contributed by atoms with E-state index >= 15 is 0 Å². The maximum atomic E-state index is 12.4. The van der Waals surface area contributed by atoms with Crippen LogP contribution in [0.15, 0.2) is 39.7 Å². The number of nitriles is 1. The number of allylic oxidation sites excluding steroid dienone is 1. The Labute approximate surface area is 143 Å². The fraction of sp³-hybridized carbons (Fsp3) is 0. The van der Waals surface area contributed by atoms with Crippen molar-refractivity contribution in [1.29, 1.82) is 5.26 Å². The predicted octanol–water partition coefficient (Wildman–Crippen LogP) is 0.463. The van der Waals surface area contributed by atoms with Gasteiger partial charge in [0.2, 0.25) is 11.6 Å². The number of nitrogens with zero attached hydrogens (tertiary/aromatic N) is 7. The fourth-order valence-electron chi connectivity index (χ4n) is 2.24. The first kappa shape index (κ1) is 15.1. The van der Waals surface area contributed by atoms with Crippen LogP contribution in [0.1, 0.15) is 5.82 Å². The van der Waals surface area contributed by atoms with Crippen molar-refractivity contribution in [3.63, 3.8) is 0 Å². The Bertz CT molecular complexity index is 1180. The van der Waals surface area contributed by atoms with Gasteiger partial charge in [0.05, 0.1) is 11.1 Å². The van der Waals surface area contributed by atoms with Crippen LogP contribution in [0.25, 0.3) is 28.1 Å². The van der Waals surface area contributed by atoms with E-state index in [1.54, 1.807) is 18.2 Å². The number of hydrogen-bond donors (Lipinski definition) is 3. The van der Waals surface area contributed by atoms with Crippen molar-refractivity contribution in [2.24, 2.45) is 0 Å². The van der Waals surface area contributed by atoms with Gasteiger partial charge in [0, 0.05) is 12.3 Å². The number of benzene rings is 1. The number of nitrogens with one attached hydrogen (secondary N) is 3. The van der Waals surface area contributed by atoms with E-state index in [-0.39, 0.29) is 34.0 Å². The summed E-state index contributed by atoms with van der Waals surface area (Å²) in [4.78, 5) is 12.4. The Hall–Kier alpha value is -4.40. The Kier molecular flexibility index (Phi) is 3.64. The lowest BCUT2D eigenvalue weighted by molar-refractivity contribution is 0.614. The Morgan fingerprint density at radius 1 is 1.23 bits per heavy atom. The van der Waals surface area contributed by atoms with Crippen LogP contribution < -0.4 is 10.7 Å². The van der Waals surface area contributed by atoms with Gasteiger partial charge in [-0.3, -0.25) is 4.79 Å². The number of hydrogen-bond acceptors (Lipinski definition) is 10. The van der Waals surface area contributed by atoms with E-state index in [1.165, 1.54) is 12.3 Å². The molecule has 0 spiro atoms. The number of para-hydroxylation sites is 1. The second-order valence-corrected chi connectivity index (χ2v) is 4.94. The van der Waals surface area contributed by atoms with Gasteiger partial charge >= 0.3 is 0 Å². The first-order valence-electron chi connectivity index (χ1n) is 7.17. The summed E-state index contributed by atoms with van der Waals surface area (Å²) >= 11 is 0. The minimum atomic E-state index is -0.266. The molecule has 26 heavy (non-hydrogen) atoms. The zero-order chi connectivity index (χ0) is 17.9. The lowest BCUT2D eigenvalue weighted by atomic mass is 10.2. The van der Waals surface area contributed by atoms with Gasteiger partial charge < -0.3 is 9.73 Å². The summed E-state index contributed by atoms with van der Waals surface area (Å²) in [6.07, 6.45) is 1.39. The van der Waals surface area contributed by atoms with E-state index in [1.807, 2.05) is 6.07 Å². The van der Waals surface area contributed by atoms with E-state index in [9.17, 15) is 10.1 Å². The highest BCUT2D eigenvalue weighted by Gasteiger charge is 2.13. The third-order valence-corrected chi connectivity index (χ3v) is 3.40. The van der Waals surface area contributed by atoms with Gasteiger partial charge in [0.1, 0.15) is 11.6 Å². The molecular weight excluding hydrogens is 340 g/mol. The second-order valence-electron chi connectivity index (χ2n) is 4.94. The summed E-state index contributed by atoms with van der Waals surface area (Å²) in [6.45, 7) is 0. The van der Waals surface area contributed by atoms with Crippen LogP contribution in [-0.4, -0.2) is 41.2 Å². The Balaban J connectivity index is 1.80. The number of H-pyrrole nitrogens is 2. The molecule has 3 aromatic heterocycles. The summed E-state index contributed by atoms with van der Waals surface area (Å²) in [5, 5.41) is 39.0. The molecule has 0 saturated carbocycles. The third-order valence-electron chi connectivity index (χ3n) is 3.40. The number of rotatable bonds is 4. The van der Waals surface area contributed by atoms with Crippen LogP contribution in [0.5, 0.6) is 0 Å². The molecule has 0 bridgehead atoms. The lowest BCUT2D eigenvalue weighted by Gasteiger charge is -2.06. The first-order valence-corrected chi connectivity index (χ1v) is 7.17. The SMILES string of the molecule is N#CC(=CNc1cccc2c(=O)cc(-c3nn[nH]n3)oc12)c1nn[nH]n1. The normalized spacial score (nSPS) is 11.4. The molecule has 4 aromatic rings. The third kappa shape index (κ3) is 2.65. The molecule has 12 nitrogen and oxygen atoms in total. The smallest absolute Gasteiger partial charge is 0.239 e. The van der Waals surface area contributed by atoms with Crippen molar-refractivity contribution < 1.29 is 4.42 Å². The van der Waals surface area contributed by atoms with Gasteiger partial charge in [-0.05, 0) is 22.6 Å². The topological polar surface area (TPSA) is 175 Å². The fourth-order valence-corrected chi connectivity index (χ4v) is 2.24. The molecule has 4 rings (SSSR count). The molecule has 3 N–H and O–H groups in total. The Morgan fingerprint density at radius 2 is 2.08 bits per heavy atom. The van der Waals surface area contributed by atoms with Gasteiger partial charge in [-0.25, -0.2) is 0 Å². The monoisotopic (exact) mass is 348 g/mol. The van der Waals surface area contributed by atoms with Crippen LogP contribution in [-0.2, 0) is 0 Å². The zero-order valence-electron chi connectivity index (χ0n) is 12.8. The summed E-state index contributed by atoms with van der Waals surface area (Å²) in [5.74, 6) is 0.446. The van der Waals surface area contributed by atoms with Crippen molar-refractivity contribution in [3.8, 4) is 17.7 Å². The van der Waals surface area contributed by atoms with E-state index in [2.05, 4.69) is 46.6 Å². The molecule has 1 aromatic carbocycles. The van der Waals surface area contributed by atoms with Crippen molar-refractivity contribution in [3.05, 3.63) is 46.5 Å². The molecule has 0 unspecified atom stereocenters. The highest BCUT2D eigenvalue weighted by atomic mass is 16.3. The van der Waals surface area contributed by atoms with Crippen molar-refractivity contribution >= 4 is 22.2 Å². The maximum Gasteiger partial charge on any atom is 0.239 e. The lowest BCUT2D eigenvalue weighted by Crippen LogP contribution is -2.03. The highest BCUT2D eigenvalue weighted by Crippen LogP contribution is 2.25. The molecule has 0 aliphatic heterocycles. The Morgan fingerprint density at radius 3 is 2.81 bits per heavy atom. The average Bonchev–Trinajstić information content (AvgIpc) is 3.37. The molecule has 0 fully saturated rings. The molecule has 126 valence electrons. The van der Waals surface area contributed by atoms with Crippen LogP contribution in [0.4, 0.5) is 5.69 Å². The standard InChI is InChI=1S/C14H8N10O2/c15-5-7(13-17-21-22-18-13)6-16-9-3-1-2-8-10(25)4-11(26-12(8)9)14-19-23-24-20-14/h1-4,6,16H,(H,17,18,21,22)(H,19,20,23,24). The minimum absolute atomic E-state index is 0.133. The minimum Gasteiger partial charge on any atom is -0.450 e. The second kappa shape index (κ2) is 6.24. The molecular formula is C14H8N10O2. The molecule has 0 amide bonds. The van der Waals surface area contributed by atoms with Gasteiger partial charge in [-0.1, -0.05) is 6.07 Å². The highest BCUT2D eigenvalue weighted by molar-refractivity contribution is 5.90. The first-order chi connectivity index (χ1) is 12.8. The predicted molar refractivity (Wildman–Crippen MR) is 87.0 cm³/mol. The van der Waals surface area contributed by atoms with Gasteiger partial charge in [0.25, 0.3) is 0 Å². The number of aromatic amines is 2. The van der Waals surface area contributed by atoms with E-state index in [4.69, 9.17) is 4.42 Å². The summed E-state index contributed by atoms with van der Waals surface area (Å²) in [5.41, 5.74) is 0.618. The van der Waals surface area contributed by atoms with Crippen molar-refractivity contribution in [2.45, 2.75) is 0 Å². The maximum absolute atomic E-state index is 12.4.